The first-order chi connectivity index (χ1) is 15.1. The molecule has 3 N–H and O–H groups in total. The molecule has 158 valence electrons. The zero-order valence-corrected chi connectivity index (χ0v) is 17.7. The molecule has 4 rings (SSSR count). The number of likely N-dealkylation sites (N-methyl/N-ethyl adjacent to an activating group) is 1. The van der Waals surface area contributed by atoms with Crippen molar-refractivity contribution in [2.45, 2.75) is 33.2 Å². The smallest absolute Gasteiger partial charge is 0.244 e. The second-order valence-electron chi connectivity index (χ2n) is 7.27. The van der Waals surface area contributed by atoms with E-state index in [1.807, 2.05) is 44.2 Å². The Morgan fingerprint density at radius 3 is 2.94 bits per heavy atom. The van der Waals surface area contributed by atoms with Crippen LogP contribution in [0.15, 0.2) is 41.4 Å². The maximum absolute atomic E-state index is 12.0. The highest BCUT2D eigenvalue weighted by Crippen LogP contribution is 2.39. The van der Waals surface area contributed by atoms with Gasteiger partial charge in [-0.25, -0.2) is 9.98 Å². The van der Waals surface area contributed by atoms with Crippen molar-refractivity contribution in [2.75, 3.05) is 6.54 Å². The molecule has 8 nitrogen and oxygen atoms in total. The summed E-state index contributed by atoms with van der Waals surface area (Å²) in [6, 6.07) is 9.70. The molecule has 3 aromatic heterocycles. The van der Waals surface area contributed by atoms with Crippen LogP contribution in [0.3, 0.4) is 0 Å². The van der Waals surface area contributed by atoms with Crippen molar-refractivity contribution in [3.05, 3.63) is 53.5 Å². The average molecular weight is 416 g/mol. The number of amides is 1. The molecule has 0 bridgehead atoms. The molecule has 0 fully saturated rings. The number of nitrogens with zero attached hydrogens (tertiary/aromatic N) is 5. The highest BCUT2D eigenvalue weighted by molar-refractivity contribution is 5.94. The first-order valence-corrected chi connectivity index (χ1v) is 10.4. The zero-order chi connectivity index (χ0) is 21.8. The van der Waals surface area contributed by atoms with Crippen LogP contribution in [0.25, 0.3) is 28.6 Å². The van der Waals surface area contributed by atoms with E-state index in [1.165, 1.54) is 12.4 Å². The molecule has 0 saturated heterocycles. The van der Waals surface area contributed by atoms with Crippen LogP contribution in [0.4, 0.5) is 5.82 Å². The highest BCUT2D eigenvalue weighted by atomic mass is 16.1. The van der Waals surface area contributed by atoms with Gasteiger partial charge in [-0.15, -0.1) is 0 Å². The van der Waals surface area contributed by atoms with Gasteiger partial charge >= 0.3 is 0 Å². The lowest BCUT2D eigenvalue weighted by Gasteiger charge is -2.10. The minimum absolute atomic E-state index is 0.177. The van der Waals surface area contributed by atoms with Gasteiger partial charge in [0.25, 0.3) is 0 Å². The standard InChI is InChI=1S/C23H25N7O/c1-3-25-21(31)12-10-17-16(9-11-20(28-17)26-14-24)22-19-8-5-13-30(19)29-23(22)18-7-4-6-15(2)27-18/h4,6-7,9-12,14H,3,5,8,13H2,1-2H3,(H,25,31)(H2,24,26,28)/b12-10+. The minimum atomic E-state index is -0.177. The maximum atomic E-state index is 12.0. The molecule has 8 heteroatoms. The van der Waals surface area contributed by atoms with E-state index in [-0.39, 0.29) is 5.91 Å². The van der Waals surface area contributed by atoms with Crippen LogP contribution in [0.1, 0.15) is 30.4 Å². The molecule has 0 aromatic carbocycles. The summed E-state index contributed by atoms with van der Waals surface area (Å²) in [5.41, 5.74) is 11.7. The van der Waals surface area contributed by atoms with Crippen molar-refractivity contribution in [3.63, 3.8) is 0 Å². The summed E-state index contributed by atoms with van der Waals surface area (Å²) in [5.74, 6) is 0.296. The van der Waals surface area contributed by atoms with E-state index < -0.39 is 0 Å². The van der Waals surface area contributed by atoms with E-state index in [0.717, 1.165) is 53.3 Å². The Morgan fingerprint density at radius 1 is 1.29 bits per heavy atom. The van der Waals surface area contributed by atoms with Crippen molar-refractivity contribution in [1.29, 1.82) is 0 Å². The predicted octanol–water partition coefficient (Wildman–Crippen LogP) is 3.03. The molecule has 0 radical (unpaired) electrons. The fourth-order valence-electron chi connectivity index (χ4n) is 3.81. The summed E-state index contributed by atoms with van der Waals surface area (Å²) in [6.45, 7) is 5.28. The summed E-state index contributed by atoms with van der Waals surface area (Å²) in [7, 11) is 0. The summed E-state index contributed by atoms with van der Waals surface area (Å²) in [6.07, 6.45) is 6.38. The number of carbonyl (C=O) groups excluding carboxylic acids is 1. The van der Waals surface area contributed by atoms with Crippen LogP contribution in [-0.4, -0.2) is 38.5 Å². The summed E-state index contributed by atoms with van der Waals surface area (Å²) in [5, 5.41) is 7.64. The van der Waals surface area contributed by atoms with E-state index in [9.17, 15) is 4.79 Å². The third kappa shape index (κ3) is 4.23. The van der Waals surface area contributed by atoms with Crippen molar-refractivity contribution >= 4 is 24.1 Å². The normalized spacial score (nSPS) is 13.2. The van der Waals surface area contributed by atoms with Gasteiger partial charge in [-0.2, -0.15) is 5.10 Å². The molecule has 0 unspecified atom stereocenters. The van der Waals surface area contributed by atoms with E-state index in [4.69, 9.17) is 15.8 Å². The molecule has 0 spiro atoms. The van der Waals surface area contributed by atoms with Crippen molar-refractivity contribution in [3.8, 4) is 22.5 Å². The molecule has 0 saturated carbocycles. The molecule has 1 aliphatic rings. The number of fused-ring (bicyclic) bond motifs is 1. The molecule has 0 atom stereocenters. The lowest BCUT2D eigenvalue weighted by Crippen LogP contribution is -2.19. The third-order valence-electron chi connectivity index (χ3n) is 5.10. The van der Waals surface area contributed by atoms with E-state index in [2.05, 4.69) is 20.0 Å². The first-order valence-electron chi connectivity index (χ1n) is 10.4. The topological polar surface area (TPSA) is 111 Å². The number of aryl methyl sites for hydroxylation is 2. The molecular weight excluding hydrogens is 390 g/mol. The molecular formula is C23H25N7O. The number of carbonyl (C=O) groups is 1. The Labute approximate surface area is 180 Å². The van der Waals surface area contributed by atoms with E-state index in [0.29, 0.717) is 18.1 Å². The molecule has 0 aliphatic carbocycles. The van der Waals surface area contributed by atoms with Gasteiger partial charge in [-0.1, -0.05) is 6.07 Å². The first kappa shape index (κ1) is 20.5. The fourth-order valence-corrected chi connectivity index (χ4v) is 3.81. The van der Waals surface area contributed by atoms with Gasteiger partial charge in [0.15, 0.2) is 5.82 Å². The van der Waals surface area contributed by atoms with E-state index >= 15 is 0 Å². The summed E-state index contributed by atoms with van der Waals surface area (Å²) < 4.78 is 2.05. The number of nitrogens with two attached hydrogens (primary N) is 1. The van der Waals surface area contributed by atoms with Crippen LogP contribution >= 0.6 is 0 Å². The number of hydrogen-bond donors (Lipinski definition) is 2. The Morgan fingerprint density at radius 2 is 2.16 bits per heavy atom. The number of nitrogens with one attached hydrogen (secondary N) is 1. The van der Waals surface area contributed by atoms with Gasteiger partial charge in [-0.05, 0) is 57.0 Å². The van der Waals surface area contributed by atoms with Crippen LogP contribution in [0.5, 0.6) is 0 Å². The average Bonchev–Trinajstić information content (AvgIpc) is 3.34. The quantitative estimate of drug-likeness (QED) is 0.365. The highest BCUT2D eigenvalue weighted by Gasteiger charge is 2.26. The second-order valence-corrected chi connectivity index (χ2v) is 7.27. The van der Waals surface area contributed by atoms with Crippen LogP contribution in [0, 0.1) is 6.92 Å². The lowest BCUT2D eigenvalue weighted by molar-refractivity contribution is -0.116. The van der Waals surface area contributed by atoms with Gasteiger partial charge in [0.1, 0.15) is 5.69 Å². The van der Waals surface area contributed by atoms with Gasteiger partial charge in [0, 0.05) is 41.7 Å². The van der Waals surface area contributed by atoms with Crippen molar-refractivity contribution in [2.24, 2.45) is 10.7 Å². The molecule has 4 heterocycles. The summed E-state index contributed by atoms with van der Waals surface area (Å²) in [4.78, 5) is 25.5. The number of hydrogen-bond acceptors (Lipinski definition) is 5. The van der Waals surface area contributed by atoms with Crippen molar-refractivity contribution in [1.82, 2.24) is 25.1 Å². The van der Waals surface area contributed by atoms with Gasteiger partial charge in [-0.3, -0.25) is 14.5 Å². The molecule has 31 heavy (non-hydrogen) atoms. The Kier molecular flexibility index (Phi) is 5.88. The maximum Gasteiger partial charge on any atom is 0.244 e. The van der Waals surface area contributed by atoms with Gasteiger partial charge in [0.2, 0.25) is 5.91 Å². The van der Waals surface area contributed by atoms with Crippen LogP contribution in [0.2, 0.25) is 0 Å². The van der Waals surface area contributed by atoms with Crippen molar-refractivity contribution < 1.29 is 4.79 Å². The lowest BCUT2D eigenvalue weighted by atomic mass is 9.98. The molecule has 1 aliphatic heterocycles. The molecule has 3 aromatic rings. The number of aromatic nitrogens is 4. The monoisotopic (exact) mass is 415 g/mol. The number of rotatable bonds is 6. The second kappa shape index (κ2) is 8.91. The number of aliphatic imine (C=N–C) groups is 1. The summed E-state index contributed by atoms with van der Waals surface area (Å²) >= 11 is 0. The van der Waals surface area contributed by atoms with E-state index in [1.54, 1.807) is 6.08 Å². The SMILES string of the molecule is CCNC(=O)/C=C/c1nc(N=CN)ccc1-c1c(-c2cccc(C)n2)nn2c1CCC2. The Bertz CT molecular complexity index is 1180. The third-order valence-corrected chi connectivity index (χ3v) is 5.10. The largest absolute Gasteiger partial charge is 0.390 e. The molecule has 1 amide bonds. The zero-order valence-electron chi connectivity index (χ0n) is 17.7. The predicted molar refractivity (Wildman–Crippen MR) is 122 cm³/mol. The van der Waals surface area contributed by atoms with Crippen LogP contribution in [-0.2, 0) is 17.8 Å². The Balaban J connectivity index is 1.90. The van der Waals surface area contributed by atoms with Gasteiger partial charge < -0.3 is 11.1 Å². The Hall–Kier alpha value is -3.81. The van der Waals surface area contributed by atoms with Crippen LogP contribution < -0.4 is 11.1 Å². The van der Waals surface area contributed by atoms with Gasteiger partial charge in [0.05, 0.1) is 17.7 Å². The fraction of sp³-hybridized carbons (Fsp3) is 0.261. The number of pyridine rings is 2. The minimum Gasteiger partial charge on any atom is -0.390 e.